The number of carbonyl (C=O) groups is 2. The normalized spacial score (nSPS) is 15.1. The van der Waals surface area contributed by atoms with Gasteiger partial charge in [-0.15, -0.1) is 11.3 Å². The zero-order valence-corrected chi connectivity index (χ0v) is 20.6. The Labute approximate surface area is 210 Å². The molecule has 1 atom stereocenters. The maximum absolute atomic E-state index is 13.9. The second-order valence-electron chi connectivity index (χ2n) is 9.29. The van der Waals surface area contributed by atoms with Crippen LogP contribution in [0, 0.1) is 0 Å². The summed E-state index contributed by atoms with van der Waals surface area (Å²) in [7, 11) is 0. The van der Waals surface area contributed by atoms with Crippen LogP contribution in [0.1, 0.15) is 54.1 Å². The Morgan fingerprint density at radius 2 is 1.74 bits per heavy atom. The van der Waals surface area contributed by atoms with E-state index in [-0.39, 0.29) is 24.3 Å². The lowest BCUT2D eigenvalue weighted by molar-refractivity contribution is -0.141. The summed E-state index contributed by atoms with van der Waals surface area (Å²) in [5.74, 6) is -0.150. The van der Waals surface area contributed by atoms with Gasteiger partial charge < -0.3 is 15.2 Å². The molecule has 5 nitrogen and oxygen atoms in total. The highest BCUT2D eigenvalue weighted by Crippen LogP contribution is 2.28. The predicted molar refractivity (Wildman–Crippen MR) is 141 cm³/mol. The SMILES string of the molecule is O=C(NC1CCCCC1)[C@H](c1ccccc1)N(Cc1cccs1)C(=O)Cc1c[nH]c2ccccc12. The van der Waals surface area contributed by atoms with E-state index in [9.17, 15) is 9.59 Å². The minimum Gasteiger partial charge on any atom is -0.361 e. The number of fused-ring (bicyclic) bond motifs is 1. The highest BCUT2D eigenvalue weighted by molar-refractivity contribution is 7.09. The molecule has 5 rings (SSSR count). The third-order valence-corrected chi connectivity index (χ3v) is 7.73. The number of carbonyl (C=O) groups excluding carboxylic acids is 2. The molecule has 0 bridgehead atoms. The Bertz CT molecular complexity index is 1260. The largest absolute Gasteiger partial charge is 0.361 e. The van der Waals surface area contributed by atoms with Gasteiger partial charge >= 0.3 is 0 Å². The van der Waals surface area contributed by atoms with Crippen molar-refractivity contribution in [2.45, 2.75) is 57.2 Å². The summed E-state index contributed by atoms with van der Waals surface area (Å²) in [6.45, 7) is 0.399. The number of nitrogens with one attached hydrogen (secondary N) is 2. The molecule has 0 saturated heterocycles. The number of para-hydroxylation sites is 1. The maximum atomic E-state index is 13.9. The Morgan fingerprint density at radius 3 is 2.51 bits per heavy atom. The fourth-order valence-corrected chi connectivity index (χ4v) is 5.77. The molecule has 2 aromatic heterocycles. The summed E-state index contributed by atoms with van der Waals surface area (Å²) in [4.78, 5) is 33.8. The molecule has 1 aliphatic carbocycles. The van der Waals surface area contributed by atoms with Crippen molar-refractivity contribution in [1.29, 1.82) is 0 Å². The van der Waals surface area contributed by atoms with E-state index in [0.717, 1.165) is 52.6 Å². The second kappa shape index (κ2) is 10.9. The molecular formula is C29H31N3O2S. The topological polar surface area (TPSA) is 65.2 Å². The van der Waals surface area contributed by atoms with Crippen LogP contribution in [-0.2, 0) is 22.6 Å². The summed E-state index contributed by atoms with van der Waals surface area (Å²) in [6.07, 6.45) is 7.64. The molecule has 2 heterocycles. The molecule has 2 N–H and O–H groups in total. The van der Waals surface area contributed by atoms with Crippen LogP contribution < -0.4 is 5.32 Å². The van der Waals surface area contributed by atoms with E-state index < -0.39 is 6.04 Å². The zero-order chi connectivity index (χ0) is 24.0. The Kier molecular flexibility index (Phi) is 7.28. The Morgan fingerprint density at radius 1 is 0.971 bits per heavy atom. The van der Waals surface area contributed by atoms with Gasteiger partial charge in [-0.25, -0.2) is 0 Å². The highest BCUT2D eigenvalue weighted by atomic mass is 32.1. The van der Waals surface area contributed by atoms with Gasteiger partial charge in [-0.2, -0.15) is 0 Å². The first-order valence-electron chi connectivity index (χ1n) is 12.4. The number of nitrogens with zero attached hydrogens (tertiary/aromatic N) is 1. The average molecular weight is 486 g/mol. The molecule has 35 heavy (non-hydrogen) atoms. The number of aromatic nitrogens is 1. The molecule has 6 heteroatoms. The average Bonchev–Trinajstić information content (AvgIpc) is 3.55. The molecule has 2 amide bonds. The van der Waals surface area contributed by atoms with Gasteiger partial charge in [-0.05, 0) is 41.5 Å². The first-order chi connectivity index (χ1) is 17.2. The van der Waals surface area contributed by atoms with Crippen molar-refractivity contribution < 1.29 is 9.59 Å². The van der Waals surface area contributed by atoms with Crippen molar-refractivity contribution in [3.8, 4) is 0 Å². The van der Waals surface area contributed by atoms with E-state index in [1.165, 1.54) is 6.42 Å². The van der Waals surface area contributed by atoms with Crippen LogP contribution in [-0.4, -0.2) is 27.7 Å². The Balaban J connectivity index is 1.48. The number of H-pyrrole nitrogens is 1. The smallest absolute Gasteiger partial charge is 0.247 e. The molecular weight excluding hydrogens is 454 g/mol. The van der Waals surface area contributed by atoms with Crippen LogP contribution in [0.3, 0.4) is 0 Å². The third-order valence-electron chi connectivity index (χ3n) is 6.87. The molecule has 2 aromatic carbocycles. The van der Waals surface area contributed by atoms with E-state index in [1.54, 1.807) is 16.2 Å². The summed E-state index contributed by atoms with van der Waals surface area (Å²) in [5.41, 5.74) is 2.79. The minimum absolute atomic E-state index is 0.0594. The van der Waals surface area contributed by atoms with Crippen molar-refractivity contribution in [2.75, 3.05) is 0 Å². The van der Waals surface area contributed by atoms with Crippen molar-refractivity contribution in [3.63, 3.8) is 0 Å². The van der Waals surface area contributed by atoms with Crippen molar-refractivity contribution >= 4 is 34.1 Å². The van der Waals surface area contributed by atoms with Crippen LogP contribution in [0.4, 0.5) is 0 Å². The first kappa shape index (κ1) is 23.4. The van der Waals surface area contributed by atoms with Crippen LogP contribution in [0.25, 0.3) is 10.9 Å². The number of hydrogen-bond acceptors (Lipinski definition) is 3. The van der Waals surface area contributed by atoms with Gasteiger partial charge in [0.25, 0.3) is 0 Å². The third kappa shape index (κ3) is 5.49. The molecule has 0 aliphatic heterocycles. The van der Waals surface area contributed by atoms with Crippen LogP contribution >= 0.6 is 11.3 Å². The summed E-state index contributed by atoms with van der Waals surface area (Å²) >= 11 is 1.61. The van der Waals surface area contributed by atoms with E-state index in [0.29, 0.717) is 6.54 Å². The lowest BCUT2D eigenvalue weighted by Crippen LogP contribution is -2.47. The molecule has 1 fully saturated rings. The van der Waals surface area contributed by atoms with Gasteiger partial charge in [0.1, 0.15) is 6.04 Å². The number of aromatic amines is 1. The van der Waals surface area contributed by atoms with Gasteiger partial charge in [-0.1, -0.05) is 73.9 Å². The second-order valence-corrected chi connectivity index (χ2v) is 10.3. The molecule has 1 aliphatic rings. The standard InChI is InChI=1S/C29H31N3O2S/c33-27(18-22-19-30-26-16-8-7-15-25(22)26)32(20-24-14-9-17-35-24)28(21-10-3-1-4-11-21)29(34)31-23-12-5-2-6-13-23/h1,3-4,7-11,14-17,19,23,28,30H,2,5-6,12-13,18,20H2,(H,31,34)/t28-/m0/s1. The first-order valence-corrected chi connectivity index (χ1v) is 13.3. The number of hydrogen-bond donors (Lipinski definition) is 2. The fraction of sp³-hybridized carbons (Fsp3) is 0.310. The van der Waals surface area contributed by atoms with Crippen molar-refractivity contribution in [2.24, 2.45) is 0 Å². The summed E-state index contributed by atoms with van der Waals surface area (Å²) in [6, 6.07) is 21.2. The van der Waals surface area contributed by atoms with E-state index in [4.69, 9.17) is 0 Å². The van der Waals surface area contributed by atoms with E-state index in [1.807, 2.05) is 78.3 Å². The van der Waals surface area contributed by atoms with Gasteiger partial charge in [0, 0.05) is 28.0 Å². The molecule has 0 radical (unpaired) electrons. The lowest BCUT2D eigenvalue weighted by atomic mass is 9.94. The lowest BCUT2D eigenvalue weighted by Gasteiger charge is -2.33. The van der Waals surface area contributed by atoms with E-state index in [2.05, 4.69) is 10.3 Å². The molecule has 4 aromatic rings. The van der Waals surface area contributed by atoms with Crippen molar-refractivity contribution in [3.05, 3.63) is 94.3 Å². The van der Waals surface area contributed by atoms with Crippen LogP contribution in [0.2, 0.25) is 0 Å². The van der Waals surface area contributed by atoms with Crippen LogP contribution in [0.15, 0.2) is 78.3 Å². The fourth-order valence-electron chi connectivity index (χ4n) is 5.07. The molecule has 0 unspecified atom stereocenters. The predicted octanol–water partition coefficient (Wildman–Crippen LogP) is 5.99. The number of rotatable bonds is 8. The van der Waals surface area contributed by atoms with Crippen molar-refractivity contribution in [1.82, 2.24) is 15.2 Å². The Hall–Kier alpha value is -3.38. The minimum atomic E-state index is -0.682. The quantitative estimate of drug-likeness (QED) is 0.322. The van der Waals surface area contributed by atoms with Gasteiger partial charge in [0.2, 0.25) is 11.8 Å². The molecule has 180 valence electrons. The van der Waals surface area contributed by atoms with Crippen LogP contribution in [0.5, 0.6) is 0 Å². The number of thiophene rings is 1. The molecule has 1 saturated carbocycles. The maximum Gasteiger partial charge on any atom is 0.247 e. The monoisotopic (exact) mass is 485 g/mol. The summed E-state index contributed by atoms with van der Waals surface area (Å²) in [5, 5.41) is 6.34. The zero-order valence-electron chi connectivity index (χ0n) is 19.8. The number of amides is 2. The highest BCUT2D eigenvalue weighted by Gasteiger charge is 2.33. The molecule has 0 spiro atoms. The van der Waals surface area contributed by atoms with E-state index >= 15 is 0 Å². The van der Waals surface area contributed by atoms with Gasteiger partial charge in [0.15, 0.2) is 0 Å². The van der Waals surface area contributed by atoms with Gasteiger partial charge in [-0.3, -0.25) is 9.59 Å². The van der Waals surface area contributed by atoms with Gasteiger partial charge in [0.05, 0.1) is 13.0 Å². The number of benzene rings is 2. The summed E-state index contributed by atoms with van der Waals surface area (Å²) < 4.78 is 0.